The van der Waals surface area contributed by atoms with Gasteiger partial charge in [-0.05, 0) is 25.7 Å². The molecule has 7 heteroatoms. The predicted molar refractivity (Wildman–Crippen MR) is 69.3 cm³/mol. The third-order valence-corrected chi connectivity index (χ3v) is 6.58. The van der Waals surface area contributed by atoms with Gasteiger partial charge in [0.2, 0.25) is 0 Å². The summed E-state index contributed by atoms with van der Waals surface area (Å²) in [6.07, 6.45) is 2.29. The van der Waals surface area contributed by atoms with E-state index in [9.17, 15) is 13.2 Å². The van der Waals surface area contributed by atoms with Crippen molar-refractivity contribution in [3.63, 3.8) is 0 Å². The van der Waals surface area contributed by atoms with E-state index in [2.05, 4.69) is 6.58 Å². The summed E-state index contributed by atoms with van der Waals surface area (Å²) in [4.78, 5) is 10.9. The van der Waals surface area contributed by atoms with Crippen molar-refractivity contribution < 1.29 is 26.9 Å². The van der Waals surface area contributed by atoms with E-state index in [4.69, 9.17) is 13.7 Å². The Morgan fingerprint density at radius 1 is 1.45 bits per heavy atom. The fourth-order valence-corrected chi connectivity index (χ4v) is 6.09. The van der Waals surface area contributed by atoms with Gasteiger partial charge in [0.1, 0.15) is 12.2 Å². The Morgan fingerprint density at radius 3 is 2.90 bits per heavy atom. The predicted octanol–water partition coefficient (Wildman–Crippen LogP) is 0.628. The van der Waals surface area contributed by atoms with Gasteiger partial charge in [0.15, 0.2) is 0 Å². The van der Waals surface area contributed by atoms with E-state index >= 15 is 0 Å². The van der Waals surface area contributed by atoms with E-state index in [1.807, 2.05) is 6.92 Å². The van der Waals surface area contributed by atoms with E-state index in [-0.39, 0.29) is 36.4 Å². The fourth-order valence-electron chi connectivity index (χ4n) is 3.98. The summed E-state index contributed by atoms with van der Waals surface area (Å²) in [6.45, 7) is 5.48. The SMILES string of the molecule is C=CC(=O)OCCOC1C2CC3C(C2)S(=O)(=O)OC31C. The van der Waals surface area contributed by atoms with E-state index < -0.39 is 21.7 Å². The molecule has 0 radical (unpaired) electrons. The second kappa shape index (κ2) is 4.54. The zero-order chi connectivity index (χ0) is 14.5. The standard InChI is InChI=1S/C13H18O6S/c1-3-11(14)17-4-5-18-12-8-6-9-10(7-8)20(15,16)19-13(9,12)2/h3,8-10,12H,1,4-7H2,2H3. The first kappa shape index (κ1) is 14.0. The summed E-state index contributed by atoms with van der Waals surface area (Å²) in [5.74, 6) is -0.256. The van der Waals surface area contributed by atoms with Crippen LogP contribution in [0.3, 0.4) is 0 Å². The molecular weight excluding hydrogens is 284 g/mol. The molecule has 0 aromatic carbocycles. The van der Waals surface area contributed by atoms with Crippen LogP contribution in [0.25, 0.3) is 0 Å². The Kier molecular flexibility index (Phi) is 3.19. The maximum absolute atomic E-state index is 11.9. The molecular formula is C13H18O6S. The van der Waals surface area contributed by atoms with Crippen LogP contribution >= 0.6 is 0 Å². The van der Waals surface area contributed by atoms with Crippen molar-refractivity contribution in [3.8, 4) is 0 Å². The molecule has 3 fully saturated rings. The van der Waals surface area contributed by atoms with E-state index in [1.165, 1.54) is 0 Å². The van der Waals surface area contributed by atoms with Gasteiger partial charge in [-0.15, -0.1) is 0 Å². The molecule has 0 amide bonds. The summed E-state index contributed by atoms with van der Waals surface area (Å²) in [7, 11) is -3.45. The number of hydrogen-bond donors (Lipinski definition) is 0. The maximum atomic E-state index is 11.9. The van der Waals surface area contributed by atoms with E-state index in [0.29, 0.717) is 6.42 Å². The first-order valence-electron chi connectivity index (χ1n) is 6.74. The lowest BCUT2D eigenvalue weighted by atomic mass is 9.83. The minimum absolute atomic E-state index is 0.0261. The minimum Gasteiger partial charge on any atom is -0.460 e. The first-order valence-corrected chi connectivity index (χ1v) is 8.21. The van der Waals surface area contributed by atoms with E-state index in [1.54, 1.807) is 0 Å². The molecule has 6 nitrogen and oxygen atoms in total. The Bertz CT molecular complexity index is 541. The van der Waals surface area contributed by atoms with Crippen molar-refractivity contribution in [2.45, 2.75) is 36.7 Å². The van der Waals surface area contributed by atoms with Crippen LogP contribution in [0, 0.1) is 11.8 Å². The summed E-state index contributed by atoms with van der Waals surface area (Å²) in [5.41, 5.74) is -0.755. The van der Waals surface area contributed by atoms with Crippen molar-refractivity contribution in [3.05, 3.63) is 12.7 Å². The Labute approximate surface area is 118 Å². The second-order valence-corrected chi connectivity index (χ2v) is 7.56. The van der Waals surface area contributed by atoms with Crippen molar-refractivity contribution in [2.75, 3.05) is 13.2 Å². The van der Waals surface area contributed by atoms with Crippen molar-refractivity contribution >= 4 is 16.1 Å². The minimum atomic E-state index is -3.45. The van der Waals surface area contributed by atoms with Gasteiger partial charge in [0.25, 0.3) is 10.1 Å². The third-order valence-electron chi connectivity index (χ3n) is 4.73. The molecule has 2 aliphatic carbocycles. The van der Waals surface area contributed by atoms with Crippen LogP contribution in [0.4, 0.5) is 0 Å². The average molecular weight is 302 g/mol. The molecule has 0 aromatic heterocycles. The third kappa shape index (κ3) is 1.91. The van der Waals surface area contributed by atoms with Gasteiger partial charge in [-0.25, -0.2) is 4.79 Å². The maximum Gasteiger partial charge on any atom is 0.330 e. The van der Waals surface area contributed by atoms with Crippen molar-refractivity contribution in [1.82, 2.24) is 0 Å². The summed E-state index contributed by atoms with van der Waals surface area (Å²) in [6, 6.07) is 0. The molecule has 1 aliphatic heterocycles. The van der Waals surface area contributed by atoms with Crippen LogP contribution in [-0.4, -0.2) is 44.6 Å². The molecule has 5 unspecified atom stereocenters. The lowest BCUT2D eigenvalue weighted by Crippen LogP contribution is -2.46. The van der Waals surface area contributed by atoms with Gasteiger partial charge in [-0.1, -0.05) is 6.58 Å². The lowest BCUT2D eigenvalue weighted by molar-refractivity contribution is -0.143. The van der Waals surface area contributed by atoms with Crippen LogP contribution < -0.4 is 0 Å². The molecule has 112 valence electrons. The van der Waals surface area contributed by atoms with Gasteiger partial charge < -0.3 is 9.47 Å². The van der Waals surface area contributed by atoms with Crippen LogP contribution in [0.2, 0.25) is 0 Å². The number of rotatable bonds is 5. The Morgan fingerprint density at radius 2 is 2.20 bits per heavy atom. The zero-order valence-corrected chi connectivity index (χ0v) is 12.1. The molecule has 3 rings (SSSR count). The Balaban J connectivity index is 1.62. The molecule has 5 atom stereocenters. The normalized spacial score (nSPS) is 43.6. The largest absolute Gasteiger partial charge is 0.460 e. The van der Waals surface area contributed by atoms with Gasteiger partial charge in [-0.2, -0.15) is 8.42 Å². The highest BCUT2D eigenvalue weighted by atomic mass is 32.2. The number of fused-ring (bicyclic) bond motifs is 1. The topological polar surface area (TPSA) is 78.9 Å². The van der Waals surface area contributed by atoms with Crippen LogP contribution in [0.1, 0.15) is 19.8 Å². The zero-order valence-electron chi connectivity index (χ0n) is 11.3. The molecule has 2 saturated carbocycles. The molecule has 20 heavy (non-hydrogen) atoms. The summed E-state index contributed by atoms with van der Waals surface area (Å²) >= 11 is 0. The van der Waals surface area contributed by atoms with Crippen molar-refractivity contribution in [1.29, 1.82) is 0 Å². The number of ether oxygens (including phenoxy) is 2. The Hall–Kier alpha value is -0.920. The molecule has 0 spiro atoms. The molecule has 0 aromatic rings. The number of esters is 1. The lowest BCUT2D eigenvalue weighted by Gasteiger charge is -2.33. The molecule has 3 aliphatic rings. The van der Waals surface area contributed by atoms with Gasteiger partial charge in [0, 0.05) is 12.0 Å². The molecule has 2 bridgehead atoms. The monoisotopic (exact) mass is 302 g/mol. The highest BCUT2D eigenvalue weighted by Crippen LogP contribution is 2.61. The van der Waals surface area contributed by atoms with Crippen molar-refractivity contribution in [2.24, 2.45) is 11.8 Å². The smallest absolute Gasteiger partial charge is 0.330 e. The molecule has 1 heterocycles. The van der Waals surface area contributed by atoms with Gasteiger partial charge in [-0.3, -0.25) is 4.18 Å². The van der Waals surface area contributed by atoms with Crippen LogP contribution in [0.5, 0.6) is 0 Å². The number of carbonyl (C=O) groups excluding carboxylic acids is 1. The van der Waals surface area contributed by atoms with Crippen LogP contribution in [-0.2, 0) is 28.6 Å². The van der Waals surface area contributed by atoms with Crippen LogP contribution in [0.15, 0.2) is 12.7 Å². The van der Waals surface area contributed by atoms with E-state index in [0.717, 1.165) is 12.5 Å². The number of carbonyl (C=O) groups is 1. The average Bonchev–Trinajstić information content (AvgIpc) is 2.95. The highest BCUT2D eigenvalue weighted by Gasteiger charge is 2.70. The number of hydrogen-bond acceptors (Lipinski definition) is 6. The summed E-state index contributed by atoms with van der Waals surface area (Å²) in [5, 5.41) is -0.365. The second-order valence-electron chi connectivity index (χ2n) is 5.80. The first-order chi connectivity index (χ1) is 9.38. The molecule has 0 N–H and O–H groups in total. The quantitative estimate of drug-likeness (QED) is 0.321. The molecule has 1 saturated heterocycles. The summed E-state index contributed by atoms with van der Waals surface area (Å²) < 4.78 is 39.8. The fraction of sp³-hybridized carbons (Fsp3) is 0.769. The van der Waals surface area contributed by atoms with Gasteiger partial charge in [0.05, 0.1) is 18.0 Å². The highest BCUT2D eigenvalue weighted by molar-refractivity contribution is 7.87. The van der Waals surface area contributed by atoms with Gasteiger partial charge >= 0.3 is 5.97 Å².